The molecule has 0 unspecified atom stereocenters. The second-order valence-electron chi connectivity index (χ2n) is 6.96. The number of rotatable bonds is 6. The minimum absolute atomic E-state index is 0.0498. The van der Waals surface area contributed by atoms with E-state index in [-0.39, 0.29) is 18.0 Å². The molecule has 30 heavy (non-hydrogen) atoms. The molecule has 1 amide bonds. The maximum absolute atomic E-state index is 13.1. The first-order chi connectivity index (χ1) is 14.6. The Morgan fingerprint density at radius 3 is 2.47 bits per heavy atom. The predicted molar refractivity (Wildman–Crippen MR) is 117 cm³/mol. The van der Waals surface area contributed by atoms with E-state index in [0.29, 0.717) is 29.3 Å². The normalized spacial score (nSPS) is 15.1. The highest BCUT2D eigenvalue weighted by atomic mass is 35.5. The van der Waals surface area contributed by atoms with Gasteiger partial charge in [-0.3, -0.25) is 4.79 Å². The highest BCUT2D eigenvalue weighted by Crippen LogP contribution is 2.36. The lowest BCUT2D eigenvalue weighted by molar-refractivity contribution is 0.0526. The van der Waals surface area contributed by atoms with Gasteiger partial charge in [-0.25, -0.2) is 4.79 Å². The lowest BCUT2D eigenvalue weighted by atomic mass is 10.1. The maximum atomic E-state index is 13.1. The third kappa shape index (κ3) is 3.89. The molecule has 0 radical (unpaired) electrons. The number of nitrogens with one attached hydrogen (secondary N) is 1. The quantitative estimate of drug-likeness (QED) is 0.551. The van der Waals surface area contributed by atoms with Crippen LogP contribution in [0.25, 0.3) is 0 Å². The first-order valence-corrected chi connectivity index (χ1v) is 10.1. The molecule has 0 spiro atoms. The van der Waals surface area contributed by atoms with Gasteiger partial charge in [0.1, 0.15) is 6.17 Å². The van der Waals surface area contributed by atoms with Crippen LogP contribution in [-0.4, -0.2) is 23.4 Å². The van der Waals surface area contributed by atoms with Gasteiger partial charge in [0.2, 0.25) is 0 Å². The molecule has 6 heteroatoms. The number of halogens is 1. The Labute approximate surface area is 180 Å². The summed E-state index contributed by atoms with van der Waals surface area (Å²) in [6.45, 7) is 2.48. The Balaban J connectivity index is 1.62. The molecule has 0 fully saturated rings. The third-order valence-electron chi connectivity index (χ3n) is 5.06. The van der Waals surface area contributed by atoms with Crippen LogP contribution in [0.5, 0.6) is 0 Å². The van der Waals surface area contributed by atoms with Crippen molar-refractivity contribution in [2.75, 3.05) is 11.9 Å². The van der Waals surface area contributed by atoms with Gasteiger partial charge in [0, 0.05) is 28.4 Å². The van der Waals surface area contributed by atoms with Gasteiger partial charge in [0.05, 0.1) is 12.2 Å². The number of hydrogen-bond acceptors (Lipinski definition) is 4. The molecule has 5 nitrogen and oxygen atoms in total. The van der Waals surface area contributed by atoms with Crippen LogP contribution in [0.1, 0.15) is 44.9 Å². The van der Waals surface area contributed by atoms with Gasteiger partial charge in [0.15, 0.2) is 0 Å². The number of ether oxygens (including phenoxy) is 1. The number of amides is 1. The van der Waals surface area contributed by atoms with Gasteiger partial charge in [-0.2, -0.15) is 0 Å². The molecule has 0 aromatic heterocycles. The number of carbonyl (C=O) groups excluding carboxylic acids is 2. The zero-order valence-corrected chi connectivity index (χ0v) is 17.2. The summed E-state index contributed by atoms with van der Waals surface area (Å²) in [5.41, 5.74) is 3.74. The van der Waals surface area contributed by atoms with Crippen LogP contribution in [0.4, 0.5) is 5.69 Å². The van der Waals surface area contributed by atoms with E-state index < -0.39 is 0 Å². The van der Waals surface area contributed by atoms with Gasteiger partial charge < -0.3 is 15.0 Å². The molecule has 3 aromatic rings. The molecule has 0 aliphatic carbocycles. The number of carbonyl (C=O) groups is 2. The van der Waals surface area contributed by atoms with Crippen molar-refractivity contribution < 1.29 is 14.3 Å². The summed E-state index contributed by atoms with van der Waals surface area (Å²) in [6, 6.07) is 22.1. The number of nitrogens with zero attached hydrogens (tertiary/aromatic N) is 1. The van der Waals surface area contributed by atoms with Crippen molar-refractivity contribution in [3.8, 4) is 0 Å². The van der Waals surface area contributed by atoms with Gasteiger partial charge in [0.25, 0.3) is 5.91 Å². The van der Waals surface area contributed by atoms with E-state index in [2.05, 4.69) is 5.32 Å². The molecular formula is C24H21ClN2O3. The standard InChI is InChI=1S/C24H21ClN2O3/c1-2-30-24(29)16-11-13-18(14-12-16)26-22-19-8-4-5-9-20(19)23(28)27(22)15-17-7-3-6-10-21(17)25/h3-14,22,26H,2,15H2,1H3/t22-/m1/s1. The Bertz CT molecular complexity index is 1080. The van der Waals surface area contributed by atoms with E-state index in [1.165, 1.54) is 0 Å². The zero-order chi connectivity index (χ0) is 21.1. The number of fused-ring (bicyclic) bond motifs is 1. The van der Waals surface area contributed by atoms with Gasteiger partial charge >= 0.3 is 5.97 Å². The lowest BCUT2D eigenvalue weighted by Gasteiger charge is -2.27. The largest absolute Gasteiger partial charge is 0.462 e. The van der Waals surface area contributed by atoms with E-state index in [9.17, 15) is 9.59 Å². The first-order valence-electron chi connectivity index (χ1n) is 9.75. The topological polar surface area (TPSA) is 58.6 Å². The fraction of sp³-hybridized carbons (Fsp3) is 0.167. The molecular weight excluding hydrogens is 400 g/mol. The smallest absolute Gasteiger partial charge is 0.338 e. The fourth-order valence-electron chi connectivity index (χ4n) is 3.57. The summed E-state index contributed by atoms with van der Waals surface area (Å²) in [7, 11) is 0. The van der Waals surface area contributed by atoms with Crippen molar-refractivity contribution in [3.63, 3.8) is 0 Å². The average molecular weight is 421 g/mol. The van der Waals surface area contributed by atoms with Crippen LogP contribution >= 0.6 is 11.6 Å². The monoisotopic (exact) mass is 420 g/mol. The van der Waals surface area contributed by atoms with Crippen LogP contribution in [0.2, 0.25) is 5.02 Å². The number of anilines is 1. The van der Waals surface area contributed by atoms with Crippen LogP contribution in [0, 0.1) is 0 Å². The molecule has 1 aliphatic rings. The molecule has 1 N–H and O–H groups in total. The zero-order valence-electron chi connectivity index (χ0n) is 16.5. The molecule has 0 saturated heterocycles. The summed E-state index contributed by atoms with van der Waals surface area (Å²) in [6.07, 6.45) is -0.349. The second-order valence-corrected chi connectivity index (χ2v) is 7.36. The Morgan fingerprint density at radius 1 is 1.03 bits per heavy atom. The van der Waals surface area contributed by atoms with Gasteiger partial charge in [-0.15, -0.1) is 0 Å². The lowest BCUT2D eigenvalue weighted by Crippen LogP contribution is -2.32. The van der Waals surface area contributed by atoms with Gasteiger partial charge in [-0.1, -0.05) is 48.0 Å². The molecule has 4 rings (SSSR count). The van der Waals surface area contributed by atoms with Crippen LogP contribution in [-0.2, 0) is 11.3 Å². The summed E-state index contributed by atoms with van der Waals surface area (Å²) in [4.78, 5) is 26.8. The summed E-state index contributed by atoms with van der Waals surface area (Å²) >= 11 is 6.34. The third-order valence-corrected chi connectivity index (χ3v) is 5.42. The molecule has 0 bridgehead atoms. The Kier molecular flexibility index (Phi) is 5.72. The van der Waals surface area contributed by atoms with Crippen molar-refractivity contribution in [3.05, 3.63) is 100 Å². The Morgan fingerprint density at radius 2 is 1.73 bits per heavy atom. The molecule has 1 atom stereocenters. The average Bonchev–Trinajstić information content (AvgIpc) is 3.02. The number of hydrogen-bond donors (Lipinski definition) is 1. The summed E-state index contributed by atoms with van der Waals surface area (Å²) in [5, 5.41) is 4.05. The van der Waals surface area contributed by atoms with Crippen LogP contribution < -0.4 is 5.32 Å². The number of esters is 1. The van der Waals surface area contributed by atoms with E-state index in [1.54, 1.807) is 24.0 Å². The van der Waals surface area contributed by atoms with Crippen LogP contribution in [0.15, 0.2) is 72.8 Å². The Hall–Kier alpha value is -3.31. The van der Waals surface area contributed by atoms with Gasteiger partial charge in [-0.05, 0) is 48.9 Å². The minimum atomic E-state index is -0.356. The van der Waals surface area contributed by atoms with Crippen LogP contribution in [0.3, 0.4) is 0 Å². The highest BCUT2D eigenvalue weighted by Gasteiger charge is 2.36. The van der Waals surface area contributed by atoms with E-state index in [1.807, 2.05) is 60.7 Å². The van der Waals surface area contributed by atoms with Crippen molar-refractivity contribution in [1.29, 1.82) is 0 Å². The van der Waals surface area contributed by atoms with E-state index in [0.717, 1.165) is 16.8 Å². The van der Waals surface area contributed by atoms with Crippen molar-refractivity contribution >= 4 is 29.2 Å². The predicted octanol–water partition coefficient (Wildman–Crippen LogP) is 5.28. The molecule has 1 aliphatic heterocycles. The summed E-state index contributed by atoms with van der Waals surface area (Å²) < 4.78 is 5.03. The van der Waals surface area contributed by atoms with Crippen molar-refractivity contribution in [1.82, 2.24) is 4.90 Å². The molecule has 0 saturated carbocycles. The van der Waals surface area contributed by atoms with E-state index in [4.69, 9.17) is 16.3 Å². The number of benzene rings is 3. The molecule has 1 heterocycles. The highest BCUT2D eigenvalue weighted by molar-refractivity contribution is 6.31. The van der Waals surface area contributed by atoms with Crippen molar-refractivity contribution in [2.24, 2.45) is 0 Å². The van der Waals surface area contributed by atoms with Crippen molar-refractivity contribution in [2.45, 2.75) is 19.6 Å². The van der Waals surface area contributed by atoms with E-state index >= 15 is 0 Å². The SMILES string of the molecule is CCOC(=O)c1ccc(N[C@H]2c3ccccc3C(=O)N2Cc2ccccc2Cl)cc1. The molecule has 3 aromatic carbocycles. The first kappa shape index (κ1) is 20.0. The second kappa shape index (κ2) is 8.59. The molecule has 152 valence electrons. The maximum Gasteiger partial charge on any atom is 0.338 e. The summed E-state index contributed by atoms with van der Waals surface area (Å²) in [5.74, 6) is -0.406. The minimum Gasteiger partial charge on any atom is -0.462 e. The fourth-order valence-corrected chi connectivity index (χ4v) is 3.77.